The van der Waals surface area contributed by atoms with Crippen molar-refractivity contribution in [3.63, 3.8) is 0 Å². The molecule has 0 saturated carbocycles. The van der Waals surface area contributed by atoms with E-state index in [-0.39, 0.29) is 18.0 Å². The summed E-state index contributed by atoms with van der Waals surface area (Å²) in [6.07, 6.45) is 1.04. The number of hydrogen-bond acceptors (Lipinski definition) is 3. The molecule has 24 heavy (non-hydrogen) atoms. The molecule has 0 fully saturated rings. The second-order valence-corrected chi connectivity index (χ2v) is 7.70. The maximum Gasteiger partial charge on any atom is 0.242 e. The van der Waals surface area contributed by atoms with Crippen LogP contribution in [0.4, 0.5) is 0 Å². The SMILES string of the molecule is CCNC(=NCC(=O)NC(C)(C)C)NCCCN(C(C)C)C(C)C. The third-order valence-electron chi connectivity index (χ3n) is 3.45. The van der Waals surface area contributed by atoms with Gasteiger partial charge in [0.2, 0.25) is 5.91 Å². The maximum absolute atomic E-state index is 11.9. The molecule has 0 bridgehead atoms. The fourth-order valence-electron chi connectivity index (χ4n) is 2.53. The van der Waals surface area contributed by atoms with Gasteiger partial charge in [0.1, 0.15) is 6.54 Å². The van der Waals surface area contributed by atoms with Crippen molar-refractivity contribution >= 4 is 11.9 Å². The van der Waals surface area contributed by atoms with Gasteiger partial charge in [0.15, 0.2) is 5.96 Å². The van der Waals surface area contributed by atoms with Gasteiger partial charge in [0, 0.05) is 37.3 Å². The van der Waals surface area contributed by atoms with Crippen molar-refractivity contribution in [2.24, 2.45) is 4.99 Å². The molecule has 0 atom stereocenters. The Morgan fingerprint density at radius 1 is 1.08 bits per heavy atom. The summed E-state index contributed by atoms with van der Waals surface area (Å²) in [5.74, 6) is 0.632. The zero-order chi connectivity index (χ0) is 18.8. The largest absolute Gasteiger partial charge is 0.357 e. The lowest BCUT2D eigenvalue weighted by molar-refractivity contribution is -0.121. The Morgan fingerprint density at radius 2 is 1.67 bits per heavy atom. The van der Waals surface area contributed by atoms with E-state index in [1.165, 1.54) is 0 Å². The Hall–Kier alpha value is -1.30. The highest BCUT2D eigenvalue weighted by atomic mass is 16.2. The monoisotopic (exact) mass is 341 g/mol. The number of carbonyl (C=O) groups excluding carboxylic acids is 1. The quantitative estimate of drug-likeness (QED) is 0.341. The van der Waals surface area contributed by atoms with E-state index in [1.54, 1.807) is 0 Å². The Kier molecular flexibility index (Phi) is 10.7. The third kappa shape index (κ3) is 11.3. The number of aliphatic imine (C=N–C) groups is 1. The highest BCUT2D eigenvalue weighted by Crippen LogP contribution is 2.05. The minimum Gasteiger partial charge on any atom is -0.357 e. The minimum absolute atomic E-state index is 0.0644. The molecule has 142 valence electrons. The second-order valence-electron chi connectivity index (χ2n) is 7.70. The summed E-state index contributed by atoms with van der Waals surface area (Å²) in [7, 11) is 0. The second kappa shape index (κ2) is 11.3. The summed E-state index contributed by atoms with van der Waals surface area (Å²) in [6.45, 7) is 19.6. The van der Waals surface area contributed by atoms with Gasteiger partial charge in [-0.2, -0.15) is 0 Å². The van der Waals surface area contributed by atoms with E-state index in [2.05, 4.69) is 53.5 Å². The molecule has 0 rings (SSSR count). The summed E-state index contributed by atoms with van der Waals surface area (Å²) in [5, 5.41) is 9.40. The minimum atomic E-state index is -0.227. The third-order valence-corrected chi connectivity index (χ3v) is 3.45. The molecule has 0 aliphatic carbocycles. The fraction of sp³-hybridized carbons (Fsp3) is 0.889. The standard InChI is InChI=1S/C18H39N5O/c1-9-19-17(21-13-16(24)22-18(6,7)8)20-11-10-12-23(14(2)3)15(4)5/h14-15H,9-13H2,1-8H3,(H,22,24)(H2,19,20,21). The van der Waals surface area contributed by atoms with Crippen LogP contribution in [-0.4, -0.2) is 60.6 Å². The lowest BCUT2D eigenvalue weighted by Gasteiger charge is -2.30. The van der Waals surface area contributed by atoms with Gasteiger partial charge in [0.25, 0.3) is 0 Å². The van der Waals surface area contributed by atoms with Crippen LogP contribution < -0.4 is 16.0 Å². The summed E-state index contributed by atoms with van der Waals surface area (Å²) in [6, 6.07) is 1.10. The van der Waals surface area contributed by atoms with E-state index < -0.39 is 0 Å². The van der Waals surface area contributed by atoms with Gasteiger partial charge in [0.05, 0.1) is 0 Å². The van der Waals surface area contributed by atoms with Crippen LogP contribution in [-0.2, 0) is 4.79 Å². The number of nitrogens with zero attached hydrogens (tertiary/aromatic N) is 2. The van der Waals surface area contributed by atoms with E-state index in [1.807, 2.05) is 27.7 Å². The van der Waals surface area contributed by atoms with Gasteiger partial charge < -0.3 is 16.0 Å². The highest BCUT2D eigenvalue weighted by Gasteiger charge is 2.14. The first-order chi connectivity index (χ1) is 11.1. The smallest absolute Gasteiger partial charge is 0.242 e. The molecule has 0 saturated heterocycles. The Labute approximate surface area is 148 Å². The van der Waals surface area contributed by atoms with Gasteiger partial charge in [-0.1, -0.05) is 0 Å². The number of amides is 1. The van der Waals surface area contributed by atoms with Gasteiger partial charge >= 0.3 is 0 Å². The van der Waals surface area contributed by atoms with Crippen LogP contribution in [0.25, 0.3) is 0 Å². The summed E-state index contributed by atoms with van der Waals surface area (Å²) < 4.78 is 0. The van der Waals surface area contributed by atoms with Gasteiger partial charge in [-0.25, -0.2) is 4.99 Å². The Bertz CT molecular complexity index is 377. The van der Waals surface area contributed by atoms with E-state index in [0.717, 1.165) is 26.1 Å². The molecule has 0 aliphatic rings. The zero-order valence-corrected chi connectivity index (χ0v) is 17.0. The molecule has 0 aliphatic heterocycles. The molecule has 0 unspecified atom stereocenters. The molecule has 0 aromatic rings. The average molecular weight is 342 g/mol. The van der Waals surface area contributed by atoms with Crippen LogP contribution >= 0.6 is 0 Å². The Morgan fingerprint density at radius 3 is 2.12 bits per heavy atom. The summed E-state index contributed by atoms with van der Waals surface area (Å²) in [4.78, 5) is 18.7. The molecule has 0 radical (unpaired) electrons. The topological polar surface area (TPSA) is 68.8 Å². The molecule has 1 amide bonds. The Balaban J connectivity index is 4.33. The zero-order valence-electron chi connectivity index (χ0n) is 17.0. The molecule has 0 aromatic carbocycles. The first kappa shape index (κ1) is 22.7. The van der Waals surface area contributed by atoms with E-state index in [4.69, 9.17) is 0 Å². The van der Waals surface area contributed by atoms with Crippen molar-refractivity contribution in [3.8, 4) is 0 Å². The molecule has 6 nitrogen and oxygen atoms in total. The van der Waals surface area contributed by atoms with Gasteiger partial charge in [-0.05, 0) is 61.8 Å². The predicted molar refractivity (Wildman–Crippen MR) is 103 cm³/mol. The van der Waals surface area contributed by atoms with Crippen molar-refractivity contribution in [2.45, 2.75) is 79.4 Å². The van der Waals surface area contributed by atoms with Crippen molar-refractivity contribution < 1.29 is 4.79 Å². The first-order valence-electron chi connectivity index (χ1n) is 9.15. The molecule has 6 heteroatoms. The van der Waals surface area contributed by atoms with Crippen LogP contribution in [0.2, 0.25) is 0 Å². The highest BCUT2D eigenvalue weighted by molar-refractivity contribution is 5.85. The molecular formula is C18H39N5O. The van der Waals surface area contributed by atoms with Gasteiger partial charge in [-0.3, -0.25) is 9.69 Å². The fourth-order valence-corrected chi connectivity index (χ4v) is 2.53. The molecule has 0 heterocycles. The summed E-state index contributed by atoms with van der Waals surface area (Å²) >= 11 is 0. The number of hydrogen-bond donors (Lipinski definition) is 3. The van der Waals surface area contributed by atoms with Crippen molar-refractivity contribution in [1.29, 1.82) is 0 Å². The van der Waals surface area contributed by atoms with Crippen LogP contribution in [0.5, 0.6) is 0 Å². The summed E-state index contributed by atoms with van der Waals surface area (Å²) in [5.41, 5.74) is -0.227. The van der Waals surface area contributed by atoms with Crippen LogP contribution in [0.15, 0.2) is 4.99 Å². The lowest BCUT2D eigenvalue weighted by atomic mass is 10.1. The molecule has 0 aromatic heterocycles. The van der Waals surface area contributed by atoms with Crippen LogP contribution in [0, 0.1) is 0 Å². The lowest BCUT2D eigenvalue weighted by Crippen LogP contribution is -2.44. The number of carbonyl (C=O) groups is 1. The van der Waals surface area contributed by atoms with E-state index in [0.29, 0.717) is 18.0 Å². The van der Waals surface area contributed by atoms with E-state index >= 15 is 0 Å². The van der Waals surface area contributed by atoms with Gasteiger partial charge in [-0.15, -0.1) is 0 Å². The van der Waals surface area contributed by atoms with Crippen LogP contribution in [0.1, 0.15) is 61.8 Å². The van der Waals surface area contributed by atoms with E-state index in [9.17, 15) is 4.79 Å². The molecule has 0 spiro atoms. The maximum atomic E-state index is 11.9. The van der Waals surface area contributed by atoms with Crippen LogP contribution in [0.3, 0.4) is 0 Å². The predicted octanol–water partition coefficient (Wildman–Crippen LogP) is 1.97. The normalized spacial score (nSPS) is 12.9. The number of nitrogens with one attached hydrogen (secondary N) is 3. The van der Waals surface area contributed by atoms with Crippen molar-refractivity contribution in [3.05, 3.63) is 0 Å². The number of guanidine groups is 1. The molecular weight excluding hydrogens is 302 g/mol. The number of rotatable bonds is 9. The first-order valence-corrected chi connectivity index (χ1v) is 9.15. The average Bonchev–Trinajstić information content (AvgIpc) is 2.41. The van der Waals surface area contributed by atoms with Crippen molar-refractivity contribution in [2.75, 3.05) is 26.2 Å². The molecule has 3 N–H and O–H groups in total. The van der Waals surface area contributed by atoms with Crippen molar-refractivity contribution in [1.82, 2.24) is 20.9 Å².